The van der Waals surface area contributed by atoms with Crippen LogP contribution in [0.1, 0.15) is 27.8 Å². The van der Waals surface area contributed by atoms with E-state index in [1.807, 2.05) is 66.7 Å². The predicted octanol–water partition coefficient (Wildman–Crippen LogP) is 7.35. The monoisotopic (exact) mass is 508 g/mol. The SMILES string of the molecule is Fc1ccc(Pc2cc(Cc3ccccc3)cc(Cc3ccccc3)c2OCc2ccccc2)c(F)c1. The molecule has 0 amide bonds. The number of halogens is 2. The Morgan fingerprint density at radius 2 is 1.14 bits per heavy atom. The van der Waals surface area contributed by atoms with Crippen LogP contribution in [0.3, 0.4) is 0 Å². The quantitative estimate of drug-likeness (QED) is 0.189. The second kappa shape index (κ2) is 12.0. The average Bonchev–Trinajstić information content (AvgIpc) is 2.91. The van der Waals surface area contributed by atoms with E-state index in [1.165, 1.54) is 23.3 Å². The fourth-order valence-corrected chi connectivity index (χ4v) is 5.62. The molecule has 5 aromatic rings. The van der Waals surface area contributed by atoms with Gasteiger partial charge in [0.15, 0.2) is 0 Å². The first-order chi connectivity index (χ1) is 18.1. The molecule has 4 heteroatoms. The standard InChI is InChI=1S/C33H27F2OP/c34-29-16-17-31(30(35)22-29)37-32-21-27(18-24-10-4-1-5-11-24)20-28(19-25-12-6-2-7-13-25)33(32)36-23-26-14-8-3-9-15-26/h1-17,20-22,37H,18-19,23H2. The zero-order chi connectivity index (χ0) is 25.5. The van der Waals surface area contributed by atoms with E-state index in [0.717, 1.165) is 40.2 Å². The van der Waals surface area contributed by atoms with Gasteiger partial charge in [-0.3, -0.25) is 0 Å². The zero-order valence-electron chi connectivity index (χ0n) is 20.3. The summed E-state index contributed by atoms with van der Waals surface area (Å²) in [6, 6.07) is 38.7. The van der Waals surface area contributed by atoms with Gasteiger partial charge in [-0.2, -0.15) is 0 Å². The van der Waals surface area contributed by atoms with E-state index in [4.69, 9.17) is 4.74 Å². The summed E-state index contributed by atoms with van der Waals surface area (Å²) in [5, 5.41) is 1.38. The number of rotatable bonds is 9. The van der Waals surface area contributed by atoms with Crippen molar-refractivity contribution in [2.75, 3.05) is 0 Å². The molecule has 0 aliphatic carbocycles. The summed E-state index contributed by atoms with van der Waals surface area (Å²) in [5.74, 6) is -0.341. The summed E-state index contributed by atoms with van der Waals surface area (Å²) in [4.78, 5) is 0. The number of hydrogen-bond acceptors (Lipinski definition) is 1. The Morgan fingerprint density at radius 1 is 0.541 bits per heavy atom. The number of benzene rings is 5. The van der Waals surface area contributed by atoms with Crippen molar-refractivity contribution < 1.29 is 13.5 Å². The van der Waals surface area contributed by atoms with Gasteiger partial charge in [0.2, 0.25) is 0 Å². The Morgan fingerprint density at radius 3 is 1.76 bits per heavy atom. The molecule has 0 aromatic heterocycles. The third kappa shape index (κ3) is 6.70. The van der Waals surface area contributed by atoms with Crippen molar-refractivity contribution in [2.24, 2.45) is 0 Å². The van der Waals surface area contributed by atoms with Crippen LogP contribution >= 0.6 is 8.58 Å². The van der Waals surface area contributed by atoms with Crippen LogP contribution in [0.4, 0.5) is 8.78 Å². The third-order valence-electron chi connectivity index (χ3n) is 6.14. The summed E-state index contributed by atoms with van der Waals surface area (Å²) >= 11 is 0. The molecule has 0 saturated carbocycles. The third-order valence-corrected chi connectivity index (χ3v) is 7.46. The number of hydrogen-bond donors (Lipinski definition) is 0. The molecule has 0 saturated heterocycles. The van der Waals surface area contributed by atoms with Gasteiger partial charge >= 0.3 is 0 Å². The lowest BCUT2D eigenvalue weighted by Crippen LogP contribution is -2.15. The second-order valence-electron chi connectivity index (χ2n) is 8.98. The summed E-state index contributed by atoms with van der Waals surface area (Å²) in [6.45, 7) is 0.407. The Labute approximate surface area is 218 Å². The molecule has 0 N–H and O–H groups in total. The first kappa shape index (κ1) is 24.9. The minimum absolute atomic E-state index is 0.0142. The maximum absolute atomic E-state index is 14.7. The van der Waals surface area contributed by atoms with Gasteiger partial charge in [0.05, 0.1) is 0 Å². The highest BCUT2D eigenvalue weighted by Crippen LogP contribution is 2.30. The molecule has 0 aliphatic heterocycles. The van der Waals surface area contributed by atoms with E-state index in [9.17, 15) is 8.78 Å². The van der Waals surface area contributed by atoms with Crippen molar-refractivity contribution in [2.45, 2.75) is 19.4 Å². The van der Waals surface area contributed by atoms with Crippen LogP contribution in [0.5, 0.6) is 5.75 Å². The van der Waals surface area contributed by atoms with Crippen molar-refractivity contribution in [3.63, 3.8) is 0 Å². The van der Waals surface area contributed by atoms with Gasteiger partial charge in [-0.25, -0.2) is 8.78 Å². The lowest BCUT2D eigenvalue weighted by molar-refractivity contribution is 0.306. The van der Waals surface area contributed by atoms with Crippen molar-refractivity contribution >= 4 is 19.2 Å². The summed E-state index contributed by atoms with van der Waals surface area (Å²) in [5.41, 5.74) is 5.62. The van der Waals surface area contributed by atoms with E-state index in [-0.39, 0.29) is 8.58 Å². The first-order valence-electron chi connectivity index (χ1n) is 12.3. The molecule has 1 unspecified atom stereocenters. The van der Waals surface area contributed by atoms with Crippen molar-refractivity contribution in [1.82, 2.24) is 0 Å². The fourth-order valence-electron chi connectivity index (χ4n) is 4.36. The molecule has 0 radical (unpaired) electrons. The maximum Gasteiger partial charge on any atom is 0.133 e. The van der Waals surface area contributed by atoms with Gasteiger partial charge in [0, 0.05) is 23.1 Å². The minimum atomic E-state index is -0.575. The Balaban J connectivity index is 1.59. The highest BCUT2D eigenvalue weighted by molar-refractivity contribution is 7.55. The van der Waals surface area contributed by atoms with Crippen LogP contribution in [0.25, 0.3) is 0 Å². The van der Waals surface area contributed by atoms with E-state index >= 15 is 0 Å². The first-order valence-corrected chi connectivity index (χ1v) is 13.3. The Hall–Kier alpha value is -3.81. The predicted molar refractivity (Wildman–Crippen MR) is 150 cm³/mol. The van der Waals surface area contributed by atoms with E-state index in [0.29, 0.717) is 18.3 Å². The molecule has 0 bridgehead atoms. The fraction of sp³-hybridized carbons (Fsp3) is 0.0909. The highest BCUT2D eigenvalue weighted by Gasteiger charge is 2.17. The van der Waals surface area contributed by atoms with Gasteiger partial charge in [-0.1, -0.05) is 106 Å². The molecular formula is C33H27F2OP. The van der Waals surface area contributed by atoms with Crippen molar-refractivity contribution in [3.8, 4) is 5.75 Å². The van der Waals surface area contributed by atoms with Gasteiger partial charge < -0.3 is 4.74 Å². The maximum atomic E-state index is 14.7. The Kier molecular flexibility index (Phi) is 8.03. The molecule has 0 heterocycles. The van der Waals surface area contributed by atoms with Gasteiger partial charge in [0.1, 0.15) is 24.0 Å². The molecule has 0 fully saturated rings. The van der Waals surface area contributed by atoms with Crippen LogP contribution in [0.15, 0.2) is 121 Å². The second-order valence-corrected chi connectivity index (χ2v) is 10.3. The molecule has 5 aromatic carbocycles. The van der Waals surface area contributed by atoms with Crippen LogP contribution in [0.2, 0.25) is 0 Å². The molecule has 0 spiro atoms. The molecule has 1 nitrogen and oxygen atoms in total. The normalized spacial score (nSPS) is 11.2. The van der Waals surface area contributed by atoms with Gasteiger partial charge in [-0.15, -0.1) is 0 Å². The highest BCUT2D eigenvalue weighted by atomic mass is 31.1. The molecule has 184 valence electrons. The van der Waals surface area contributed by atoms with Crippen LogP contribution in [-0.4, -0.2) is 0 Å². The van der Waals surface area contributed by atoms with Crippen LogP contribution in [-0.2, 0) is 19.4 Å². The molecule has 1 atom stereocenters. The summed E-state index contributed by atoms with van der Waals surface area (Å²) in [7, 11) is -0.0142. The summed E-state index contributed by atoms with van der Waals surface area (Å²) < 4.78 is 34.8. The minimum Gasteiger partial charge on any atom is -0.488 e. The van der Waals surface area contributed by atoms with E-state index in [2.05, 4.69) is 36.4 Å². The van der Waals surface area contributed by atoms with E-state index < -0.39 is 11.6 Å². The Bertz CT molecular complexity index is 1450. The average molecular weight is 509 g/mol. The lowest BCUT2D eigenvalue weighted by Gasteiger charge is -2.19. The van der Waals surface area contributed by atoms with Gasteiger partial charge in [-0.05, 0) is 52.4 Å². The van der Waals surface area contributed by atoms with Gasteiger partial charge in [0.25, 0.3) is 0 Å². The van der Waals surface area contributed by atoms with Crippen LogP contribution in [0, 0.1) is 11.6 Å². The molecule has 5 rings (SSSR count). The van der Waals surface area contributed by atoms with Crippen LogP contribution < -0.4 is 15.3 Å². The topological polar surface area (TPSA) is 9.23 Å². The largest absolute Gasteiger partial charge is 0.488 e. The molecular weight excluding hydrogens is 481 g/mol. The molecule has 0 aliphatic rings. The smallest absolute Gasteiger partial charge is 0.133 e. The lowest BCUT2D eigenvalue weighted by atomic mass is 9.98. The molecule has 37 heavy (non-hydrogen) atoms. The number of ether oxygens (including phenoxy) is 1. The zero-order valence-corrected chi connectivity index (χ0v) is 21.3. The summed E-state index contributed by atoms with van der Waals surface area (Å²) in [6.07, 6.45) is 1.45. The van der Waals surface area contributed by atoms with E-state index in [1.54, 1.807) is 0 Å². The van der Waals surface area contributed by atoms with Crippen molar-refractivity contribution in [3.05, 3.63) is 161 Å². The van der Waals surface area contributed by atoms with Crippen molar-refractivity contribution in [1.29, 1.82) is 0 Å².